The summed E-state index contributed by atoms with van der Waals surface area (Å²) in [4.78, 5) is 12.2. The van der Waals surface area contributed by atoms with Crippen molar-refractivity contribution in [3.05, 3.63) is 0 Å². The van der Waals surface area contributed by atoms with E-state index >= 15 is 0 Å². The van der Waals surface area contributed by atoms with E-state index < -0.39 is 0 Å². The summed E-state index contributed by atoms with van der Waals surface area (Å²) in [6, 6.07) is 0.343. The summed E-state index contributed by atoms with van der Waals surface area (Å²) in [6.45, 7) is 1.89. The summed E-state index contributed by atoms with van der Waals surface area (Å²) in [5, 5.41) is 14.9. The average Bonchev–Trinajstić information content (AvgIpc) is 2.65. The van der Waals surface area contributed by atoms with Gasteiger partial charge >= 0.3 is 0 Å². The van der Waals surface area contributed by atoms with Gasteiger partial charge in [0.05, 0.1) is 5.25 Å². The molecule has 1 fully saturated rings. The molecule has 0 radical (unpaired) electrons. The van der Waals surface area contributed by atoms with Gasteiger partial charge in [-0.05, 0) is 30.2 Å². The molecule has 2 rings (SSSR count). The zero-order valence-corrected chi connectivity index (χ0v) is 12.3. The normalized spacial score (nSPS) is 18.8. The van der Waals surface area contributed by atoms with Crippen LogP contribution in [-0.2, 0) is 11.8 Å². The number of hydrogen-bond acceptors (Lipinski definition) is 5. The zero-order valence-electron chi connectivity index (χ0n) is 11.5. The first-order valence-electron chi connectivity index (χ1n) is 6.86. The van der Waals surface area contributed by atoms with Crippen molar-refractivity contribution in [2.24, 2.45) is 7.05 Å². The van der Waals surface area contributed by atoms with Crippen molar-refractivity contribution < 1.29 is 4.79 Å². The Bertz CT molecular complexity index is 414. The Morgan fingerprint density at radius 1 is 1.37 bits per heavy atom. The van der Waals surface area contributed by atoms with E-state index in [9.17, 15) is 4.79 Å². The smallest absolute Gasteiger partial charge is 0.233 e. The fourth-order valence-electron chi connectivity index (χ4n) is 2.27. The van der Waals surface area contributed by atoms with E-state index in [2.05, 4.69) is 20.8 Å². The quantitative estimate of drug-likeness (QED) is 0.670. The van der Waals surface area contributed by atoms with Crippen molar-refractivity contribution in [1.29, 1.82) is 0 Å². The van der Waals surface area contributed by atoms with Crippen LogP contribution in [0.25, 0.3) is 0 Å². The molecule has 1 heterocycles. The number of nitrogens with zero attached hydrogens (tertiary/aromatic N) is 4. The molecule has 0 saturated heterocycles. The molecule has 1 amide bonds. The maximum Gasteiger partial charge on any atom is 0.233 e. The first-order chi connectivity index (χ1) is 9.16. The molecule has 1 atom stereocenters. The number of nitrogens with one attached hydrogen (secondary N) is 1. The maximum absolute atomic E-state index is 12.2. The lowest BCUT2D eigenvalue weighted by molar-refractivity contribution is -0.121. The second-order valence-corrected chi connectivity index (χ2v) is 6.35. The minimum Gasteiger partial charge on any atom is -0.352 e. The molecular weight excluding hydrogens is 262 g/mol. The molecule has 0 unspecified atom stereocenters. The number of amides is 1. The van der Waals surface area contributed by atoms with E-state index in [1.54, 1.807) is 11.7 Å². The third-order valence-electron chi connectivity index (χ3n) is 3.43. The molecule has 1 aliphatic rings. The lowest BCUT2D eigenvalue weighted by atomic mass is 10.1. The van der Waals surface area contributed by atoms with Gasteiger partial charge in [0, 0.05) is 13.1 Å². The van der Waals surface area contributed by atoms with E-state index in [-0.39, 0.29) is 11.2 Å². The fourth-order valence-corrected chi connectivity index (χ4v) is 3.04. The van der Waals surface area contributed by atoms with Crippen LogP contribution in [0, 0.1) is 0 Å². The Balaban J connectivity index is 1.83. The Labute approximate surface area is 117 Å². The van der Waals surface area contributed by atoms with Crippen molar-refractivity contribution in [2.75, 3.05) is 0 Å². The summed E-state index contributed by atoms with van der Waals surface area (Å²) in [5.41, 5.74) is 0. The van der Waals surface area contributed by atoms with E-state index in [1.807, 2.05) is 6.92 Å². The molecule has 1 aromatic rings. The number of carbonyl (C=O) groups is 1. The molecule has 19 heavy (non-hydrogen) atoms. The van der Waals surface area contributed by atoms with Crippen LogP contribution in [0.15, 0.2) is 5.16 Å². The van der Waals surface area contributed by atoms with Gasteiger partial charge < -0.3 is 5.32 Å². The van der Waals surface area contributed by atoms with Gasteiger partial charge in [-0.3, -0.25) is 4.79 Å². The molecule has 1 aliphatic carbocycles. The Morgan fingerprint density at radius 3 is 2.63 bits per heavy atom. The van der Waals surface area contributed by atoms with Crippen LogP contribution < -0.4 is 5.32 Å². The number of aryl methyl sites for hydroxylation is 1. The highest BCUT2D eigenvalue weighted by atomic mass is 32.2. The van der Waals surface area contributed by atoms with Crippen LogP contribution in [0.2, 0.25) is 0 Å². The number of rotatable bonds is 4. The van der Waals surface area contributed by atoms with Gasteiger partial charge in [-0.2, -0.15) is 0 Å². The lowest BCUT2D eigenvalue weighted by Gasteiger charge is -2.18. The summed E-state index contributed by atoms with van der Waals surface area (Å²) >= 11 is 1.39. The van der Waals surface area contributed by atoms with Gasteiger partial charge in [-0.25, -0.2) is 4.68 Å². The first kappa shape index (κ1) is 14.3. The van der Waals surface area contributed by atoms with Gasteiger partial charge in [0.15, 0.2) is 0 Å². The van der Waals surface area contributed by atoms with Crippen molar-refractivity contribution in [1.82, 2.24) is 25.5 Å². The summed E-state index contributed by atoms with van der Waals surface area (Å²) < 4.78 is 1.58. The molecule has 7 heteroatoms. The standard InChI is InChI=1S/C12H21N5OS/c1-9(19-12-14-15-16-17(12)2)11(18)13-10-7-5-3-4-6-8-10/h9-10H,3-8H2,1-2H3,(H,13,18)/t9-/m1/s1. The van der Waals surface area contributed by atoms with Gasteiger partial charge in [-0.15, -0.1) is 5.10 Å². The fraction of sp³-hybridized carbons (Fsp3) is 0.833. The number of aromatic nitrogens is 4. The average molecular weight is 283 g/mol. The Morgan fingerprint density at radius 2 is 2.05 bits per heavy atom. The molecule has 1 aromatic heterocycles. The third-order valence-corrected chi connectivity index (χ3v) is 4.56. The number of hydrogen-bond donors (Lipinski definition) is 1. The van der Waals surface area contributed by atoms with Crippen LogP contribution in [0.1, 0.15) is 45.4 Å². The number of thioether (sulfide) groups is 1. The predicted octanol–water partition coefficient (Wildman–Crippen LogP) is 1.53. The van der Waals surface area contributed by atoms with Crippen LogP contribution in [-0.4, -0.2) is 37.4 Å². The second-order valence-electron chi connectivity index (χ2n) is 5.04. The first-order valence-corrected chi connectivity index (χ1v) is 7.74. The molecule has 0 spiro atoms. The van der Waals surface area contributed by atoms with E-state index in [0.29, 0.717) is 11.2 Å². The molecule has 6 nitrogen and oxygen atoms in total. The highest BCUT2D eigenvalue weighted by Crippen LogP contribution is 2.21. The van der Waals surface area contributed by atoms with Crippen molar-refractivity contribution >= 4 is 17.7 Å². The topological polar surface area (TPSA) is 72.7 Å². The molecule has 1 N–H and O–H groups in total. The van der Waals surface area contributed by atoms with Crippen LogP contribution in [0.3, 0.4) is 0 Å². The Hall–Kier alpha value is -1.11. The lowest BCUT2D eigenvalue weighted by Crippen LogP contribution is -2.39. The number of tetrazole rings is 1. The zero-order chi connectivity index (χ0) is 13.7. The van der Waals surface area contributed by atoms with Gasteiger partial charge in [0.2, 0.25) is 11.1 Å². The maximum atomic E-state index is 12.2. The highest BCUT2D eigenvalue weighted by Gasteiger charge is 2.21. The third kappa shape index (κ3) is 4.19. The minimum atomic E-state index is -0.173. The molecule has 0 aromatic carbocycles. The van der Waals surface area contributed by atoms with Crippen LogP contribution in [0.5, 0.6) is 0 Å². The summed E-state index contributed by atoms with van der Waals surface area (Å²) in [6.07, 6.45) is 7.24. The van der Waals surface area contributed by atoms with E-state index in [4.69, 9.17) is 0 Å². The van der Waals surface area contributed by atoms with E-state index in [1.165, 1.54) is 37.4 Å². The molecule has 0 aliphatic heterocycles. The van der Waals surface area contributed by atoms with Crippen molar-refractivity contribution in [2.45, 2.75) is 61.9 Å². The van der Waals surface area contributed by atoms with Crippen LogP contribution >= 0.6 is 11.8 Å². The largest absolute Gasteiger partial charge is 0.352 e. The Kier molecular flexibility index (Phi) is 5.18. The molecule has 106 valence electrons. The summed E-state index contributed by atoms with van der Waals surface area (Å²) in [5.74, 6) is 0.0832. The van der Waals surface area contributed by atoms with E-state index in [0.717, 1.165) is 12.8 Å². The predicted molar refractivity (Wildman–Crippen MR) is 73.7 cm³/mol. The van der Waals surface area contributed by atoms with Crippen molar-refractivity contribution in [3.8, 4) is 0 Å². The SMILES string of the molecule is C[C@@H](Sc1nnnn1C)C(=O)NC1CCCCCC1. The monoisotopic (exact) mass is 283 g/mol. The van der Waals surface area contributed by atoms with Gasteiger partial charge in [0.1, 0.15) is 0 Å². The summed E-state index contributed by atoms with van der Waals surface area (Å²) in [7, 11) is 1.78. The highest BCUT2D eigenvalue weighted by molar-refractivity contribution is 8.00. The second kappa shape index (κ2) is 6.88. The van der Waals surface area contributed by atoms with Crippen molar-refractivity contribution in [3.63, 3.8) is 0 Å². The van der Waals surface area contributed by atoms with Crippen LogP contribution in [0.4, 0.5) is 0 Å². The van der Waals surface area contributed by atoms with Gasteiger partial charge in [0.25, 0.3) is 0 Å². The van der Waals surface area contributed by atoms with Gasteiger partial charge in [-0.1, -0.05) is 37.4 Å². The number of carbonyl (C=O) groups excluding carboxylic acids is 1. The molecular formula is C12H21N5OS. The molecule has 1 saturated carbocycles. The molecule has 0 bridgehead atoms. The minimum absolute atomic E-state index is 0.0832.